The molecule has 3 rings (SSSR count). The number of nitrogens with zero attached hydrogens (tertiary/aromatic N) is 1. The predicted molar refractivity (Wildman–Crippen MR) is 94.1 cm³/mol. The van der Waals surface area contributed by atoms with Crippen LogP contribution in [0.1, 0.15) is 41.3 Å². The largest absolute Gasteiger partial charge is 0.326 e. The molecule has 2 aromatic carbocycles. The van der Waals surface area contributed by atoms with Crippen molar-refractivity contribution in [2.45, 2.75) is 26.2 Å². The number of amides is 2. The Labute approximate surface area is 140 Å². The Morgan fingerprint density at radius 2 is 1.75 bits per heavy atom. The molecule has 0 bridgehead atoms. The molecule has 0 spiro atoms. The SMILES string of the molecule is CC(=O)Nc1ccc(C(=O)N/N=C2/CCCc3ccccc32)cc1. The number of carbonyl (C=O) groups is 2. The van der Waals surface area contributed by atoms with Crippen LogP contribution >= 0.6 is 0 Å². The summed E-state index contributed by atoms with van der Waals surface area (Å²) in [5.41, 5.74) is 7.10. The van der Waals surface area contributed by atoms with E-state index in [0.717, 1.165) is 30.5 Å². The van der Waals surface area contributed by atoms with Crippen molar-refractivity contribution in [1.29, 1.82) is 0 Å². The molecule has 0 heterocycles. The Balaban J connectivity index is 1.71. The van der Waals surface area contributed by atoms with Gasteiger partial charge in [0.2, 0.25) is 5.91 Å². The Morgan fingerprint density at radius 3 is 2.50 bits per heavy atom. The Morgan fingerprint density at radius 1 is 1.00 bits per heavy atom. The Bertz CT molecular complexity index is 795. The van der Waals surface area contributed by atoms with E-state index < -0.39 is 0 Å². The molecule has 24 heavy (non-hydrogen) atoms. The molecule has 0 atom stereocenters. The first-order chi connectivity index (χ1) is 11.6. The first kappa shape index (κ1) is 15.9. The van der Waals surface area contributed by atoms with Gasteiger partial charge in [-0.1, -0.05) is 24.3 Å². The number of fused-ring (bicyclic) bond motifs is 1. The minimum Gasteiger partial charge on any atom is -0.326 e. The van der Waals surface area contributed by atoms with Crippen LogP contribution in [0.5, 0.6) is 0 Å². The minimum absolute atomic E-state index is 0.144. The summed E-state index contributed by atoms with van der Waals surface area (Å²) in [6.45, 7) is 1.44. The zero-order valence-corrected chi connectivity index (χ0v) is 13.5. The fourth-order valence-electron chi connectivity index (χ4n) is 2.81. The van der Waals surface area contributed by atoms with Crippen molar-refractivity contribution in [2.24, 2.45) is 5.10 Å². The van der Waals surface area contributed by atoms with Crippen molar-refractivity contribution >= 4 is 23.2 Å². The maximum absolute atomic E-state index is 12.2. The second kappa shape index (κ2) is 7.08. The minimum atomic E-state index is -0.264. The molecule has 122 valence electrons. The van der Waals surface area contributed by atoms with Gasteiger partial charge in [-0.3, -0.25) is 9.59 Å². The van der Waals surface area contributed by atoms with Crippen LogP contribution in [0.25, 0.3) is 0 Å². The topological polar surface area (TPSA) is 70.6 Å². The van der Waals surface area contributed by atoms with Crippen LogP contribution in [0.2, 0.25) is 0 Å². The lowest BCUT2D eigenvalue weighted by atomic mass is 9.90. The zero-order valence-electron chi connectivity index (χ0n) is 13.5. The monoisotopic (exact) mass is 321 g/mol. The molecule has 5 heteroatoms. The van der Waals surface area contributed by atoms with E-state index in [-0.39, 0.29) is 11.8 Å². The predicted octanol–water partition coefficient (Wildman–Crippen LogP) is 3.12. The summed E-state index contributed by atoms with van der Waals surface area (Å²) in [5.74, 6) is -0.408. The van der Waals surface area contributed by atoms with E-state index in [2.05, 4.69) is 21.9 Å². The van der Waals surface area contributed by atoms with Crippen molar-refractivity contribution in [3.8, 4) is 0 Å². The van der Waals surface area contributed by atoms with Gasteiger partial charge in [0.05, 0.1) is 5.71 Å². The molecule has 0 saturated heterocycles. The summed E-state index contributed by atoms with van der Waals surface area (Å²) in [4.78, 5) is 23.2. The van der Waals surface area contributed by atoms with Gasteiger partial charge in [-0.15, -0.1) is 0 Å². The van der Waals surface area contributed by atoms with Gasteiger partial charge in [0.1, 0.15) is 0 Å². The highest BCUT2D eigenvalue weighted by molar-refractivity contribution is 6.04. The summed E-state index contributed by atoms with van der Waals surface area (Å²) in [5, 5.41) is 6.99. The fraction of sp³-hybridized carbons (Fsp3) is 0.211. The number of anilines is 1. The number of hydrogen-bond donors (Lipinski definition) is 2. The molecule has 0 aromatic heterocycles. The van der Waals surface area contributed by atoms with E-state index in [1.807, 2.05) is 18.2 Å². The van der Waals surface area contributed by atoms with Crippen LogP contribution in [0.15, 0.2) is 53.6 Å². The number of nitrogens with one attached hydrogen (secondary N) is 2. The van der Waals surface area contributed by atoms with Crippen LogP contribution in [0.3, 0.4) is 0 Å². The molecule has 1 aliphatic rings. The normalized spacial score (nSPS) is 14.8. The van der Waals surface area contributed by atoms with Gasteiger partial charge >= 0.3 is 0 Å². The van der Waals surface area contributed by atoms with E-state index >= 15 is 0 Å². The Hall–Kier alpha value is -2.95. The highest BCUT2D eigenvalue weighted by Gasteiger charge is 2.15. The molecule has 2 amide bonds. The maximum Gasteiger partial charge on any atom is 0.271 e. The highest BCUT2D eigenvalue weighted by atomic mass is 16.2. The van der Waals surface area contributed by atoms with E-state index in [1.165, 1.54) is 12.5 Å². The van der Waals surface area contributed by atoms with Gasteiger partial charge < -0.3 is 5.32 Å². The number of rotatable bonds is 3. The molecule has 0 radical (unpaired) electrons. The zero-order chi connectivity index (χ0) is 16.9. The first-order valence-electron chi connectivity index (χ1n) is 7.96. The van der Waals surface area contributed by atoms with Gasteiger partial charge in [0.25, 0.3) is 5.91 Å². The maximum atomic E-state index is 12.2. The summed E-state index contributed by atoms with van der Waals surface area (Å²) in [7, 11) is 0. The van der Waals surface area contributed by atoms with Crippen molar-refractivity contribution in [1.82, 2.24) is 5.43 Å². The third-order valence-corrected chi connectivity index (χ3v) is 3.95. The molecule has 2 N–H and O–H groups in total. The van der Waals surface area contributed by atoms with Crippen LogP contribution < -0.4 is 10.7 Å². The van der Waals surface area contributed by atoms with Gasteiger partial charge in [-0.05, 0) is 49.1 Å². The van der Waals surface area contributed by atoms with Crippen molar-refractivity contribution in [3.05, 3.63) is 65.2 Å². The second-order valence-electron chi connectivity index (χ2n) is 5.77. The fourth-order valence-corrected chi connectivity index (χ4v) is 2.81. The van der Waals surface area contributed by atoms with Gasteiger partial charge in [0, 0.05) is 23.7 Å². The van der Waals surface area contributed by atoms with Crippen LogP contribution in [0, 0.1) is 0 Å². The summed E-state index contributed by atoms with van der Waals surface area (Å²) in [6.07, 6.45) is 2.95. The van der Waals surface area contributed by atoms with E-state index in [0.29, 0.717) is 11.3 Å². The summed E-state index contributed by atoms with van der Waals surface area (Å²) >= 11 is 0. The second-order valence-corrected chi connectivity index (χ2v) is 5.77. The average Bonchev–Trinajstić information content (AvgIpc) is 2.59. The quantitative estimate of drug-likeness (QED) is 0.853. The lowest BCUT2D eigenvalue weighted by Gasteiger charge is -2.17. The lowest BCUT2D eigenvalue weighted by Crippen LogP contribution is -2.22. The molecular weight excluding hydrogens is 302 g/mol. The molecule has 1 aliphatic carbocycles. The van der Waals surface area contributed by atoms with Crippen molar-refractivity contribution < 1.29 is 9.59 Å². The summed E-state index contributed by atoms with van der Waals surface area (Å²) < 4.78 is 0. The molecule has 5 nitrogen and oxygen atoms in total. The summed E-state index contributed by atoms with van der Waals surface area (Å²) in [6, 6.07) is 14.9. The highest BCUT2D eigenvalue weighted by Crippen LogP contribution is 2.21. The molecule has 0 fully saturated rings. The van der Waals surface area contributed by atoms with E-state index in [4.69, 9.17) is 0 Å². The number of hydrazone groups is 1. The standard InChI is InChI=1S/C19H19N3O2/c1-13(23)20-16-11-9-15(10-12-16)19(24)22-21-18-8-4-6-14-5-2-3-7-17(14)18/h2-3,5,7,9-12H,4,6,8H2,1H3,(H,20,23)(H,22,24)/b21-18-. The van der Waals surface area contributed by atoms with E-state index in [1.54, 1.807) is 24.3 Å². The number of benzene rings is 2. The third-order valence-electron chi connectivity index (χ3n) is 3.95. The van der Waals surface area contributed by atoms with Crippen molar-refractivity contribution in [3.63, 3.8) is 0 Å². The molecule has 0 aliphatic heterocycles. The molecule has 0 unspecified atom stereocenters. The third kappa shape index (κ3) is 3.68. The Kier molecular flexibility index (Phi) is 4.70. The van der Waals surface area contributed by atoms with Crippen molar-refractivity contribution in [2.75, 3.05) is 5.32 Å². The number of carbonyl (C=O) groups excluding carboxylic acids is 2. The van der Waals surface area contributed by atoms with Gasteiger partial charge in [0.15, 0.2) is 0 Å². The smallest absolute Gasteiger partial charge is 0.271 e. The van der Waals surface area contributed by atoms with Crippen LogP contribution in [0.4, 0.5) is 5.69 Å². The molecular formula is C19H19N3O2. The van der Waals surface area contributed by atoms with Gasteiger partial charge in [-0.2, -0.15) is 5.10 Å². The molecule has 2 aromatic rings. The van der Waals surface area contributed by atoms with Crippen LogP contribution in [-0.4, -0.2) is 17.5 Å². The van der Waals surface area contributed by atoms with Gasteiger partial charge in [-0.25, -0.2) is 5.43 Å². The van der Waals surface area contributed by atoms with Crippen LogP contribution in [-0.2, 0) is 11.2 Å². The average molecular weight is 321 g/mol. The number of aryl methyl sites for hydroxylation is 1. The van der Waals surface area contributed by atoms with E-state index in [9.17, 15) is 9.59 Å². The first-order valence-corrected chi connectivity index (χ1v) is 7.96. The number of hydrogen-bond acceptors (Lipinski definition) is 3. The lowest BCUT2D eigenvalue weighted by molar-refractivity contribution is -0.114. The molecule has 0 saturated carbocycles.